The third-order valence-electron chi connectivity index (χ3n) is 2.69. The van der Waals surface area contributed by atoms with Crippen molar-refractivity contribution in [1.29, 1.82) is 0 Å². The Hall–Kier alpha value is -1.25. The maximum atomic E-state index is 9.84. The van der Waals surface area contributed by atoms with Crippen molar-refractivity contribution in [2.75, 3.05) is 13.6 Å². The molecule has 3 heteroatoms. The summed E-state index contributed by atoms with van der Waals surface area (Å²) in [6, 6.07) is 9.34. The lowest BCUT2D eigenvalue weighted by Gasteiger charge is -2.09. The number of hydrogen-bond donors (Lipinski definition) is 2. The first-order valence-electron chi connectivity index (χ1n) is 5.27. The van der Waals surface area contributed by atoms with Gasteiger partial charge in [-0.05, 0) is 49.0 Å². The molecular formula is C13H14ClNO. The number of halogens is 1. The van der Waals surface area contributed by atoms with Gasteiger partial charge in [0.05, 0.1) is 0 Å². The molecule has 0 saturated heterocycles. The molecule has 2 N–H and O–H groups in total. The number of fused-ring (bicyclic) bond motifs is 1. The lowest BCUT2D eigenvalue weighted by Crippen LogP contribution is -2.10. The molecule has 0 unspecified atom stereocenters. The van der Waals surface area contributed by atoms with Crippen LogP contribution in [0.3, 0.4) is 0 Å². The Morgan fingerprint density at radius 1 is 1.25 bits per heavy atom. The van der Waals surface area contributed by atoms with Crippen molar-refractivity contribution in [1.82, 2.24) is 5.32 Å². The van der Waals surface area contributed by atoms with Crippen molar-refractivity contribution in [3.63, 3.8) is 0 Å². The summed E-state index contributed by atoms with van der Waals surface area (Å²) >= 11 is 5.94. The lowest BCUT2D eigenvalue weighted by atomic mass is 10.0. The van der Waals surface area contributed by atoms with Gasteiger partial charge in [-0.1, -0.05) is 23.7 Å². The third-order valence-corrected chi connectivity index (χ3v) is 2.93. The molecule has 0 aliphatic heterocycles. The molecule has 0 saturated carbocycles. The number of hydrogen-bond acceptors (Lipinski definition) is 2. The van der Waals surface area contributed by atoms with Crippen LogP contribution in [-0.4, -0.2) is 18.7 Å². The molecule has 2 aromatic carbocycles. The predicted molar refractivity (Wildman–Crippen MR) is 68.3 cm³/mol. The van der Waals surface area contributed by atoms with Crippen LogP contribution in [0.25, 0.3) is 10.8 Å². The second-order valence-corrected chi connectivity index (χ2v) is 4.22. The van der Waals surface area contributed by atoms with E-state index in [1.807, 2.05) is 31.3 Å². The first kappa shape index (κ1) is 11.2. The monoisotopic (exact) mass is 235 g/mol. The highest BCUT2D eigenvalue weighted by molar-refractivity contribution is 6.31. The molecule has 0 atom stereocenters. The summed E-state index contributed by atoms with van der Waals surface area (Å²) in [6.07, 6.45) is 0.807. The van der Waals surface area contributed by atoms with Gasteiger partial charge in [-0.15, -0.1) is 0 Å². The number of phenolic OH excluding ortho intramolecular Hbond substituents is 1. The highest BCUT2D eigenvalue weighted by atomic mass is 35.5. The second kappa shape index (κ2) is 4.73. The van der Waals surface area contributed by atoms with Crippen molar-refractivity contribution in [2.45, 2.75) is 6.42 Å². The van der Waals surface area contributed by atoms with Crippen LogP contribution in [0.1, 0.15) is 5.56 Å². The summed E-state index contributed by atoms with van der Waals surface area (Å²) in [5.74, 6) is 0.352. The van der Waals surface area contributed by atoms with Gasteiger partial charge >= 0.3 is 0 Å². The van der Waals surface area contributed by atoms with Crippen molar-refractivity contribution in [3.8, 4) is 5.75 Å². The van der Waals surface area contributed by atoms with E-state index in [-0.39, 0.29) is 0 Å². The quantitative estimate of drug-likeness (QED) is 0.858. The minimum Gasteiger partial charge on any atom is -0.508 e. The summed E-state index contributed by atoms with van der Waals surface area (Å²) in [7, 11) is 1.90. The average molecular weight is 236 g/mol. The molecule has 0 aliphatic rings. The molecule has 16 heavy (non-hydrogen) atoms. The van der Waals surface area contributed by atoms with Gasteiger partial charge < -0.3 is 10.4 Å². The Labute approximate surface area is 99.9 Å². The van der Waals surface area contributed by atoms with E-state index in [1.165, 1.54) is 0 Å². The van der Waals surface area contributed by atoms with Crippen LogP contribution in [0.2, 0.25) is 5.02 Å². The van der Waals surface area contributed by atoms with Gasteiger partial charge in [0.1, 0.15) is 5.75 Å². The molecule has 0 spiro atoms. The minimum atomic E-state index is 0.352. The van der Waals surface area contributed by atoms with Crippen LogP contribution in [-0.2, 0) is 6.42 Å². The fraction of sp³-hybridized carbons (Fsp3) is 0.231. The molecule has 0 amide bonds. The first-order chi connectivity index (χ1) is 7.72. The standard InChI is InChI=1S/C13H14ClNO/c1-15-7-6-12-11-4-3-10(14)8-9(11)2-5-13(12)16/h2-5,8,15-16H,6-7H2,1H3. The summed E-state index contributed by atoms with van der Waals surface area (Å²) in [5.41, 5.74) is 0.975. The zero-order valence-corrected chi connectivity index (χ0v) is 9.88. The Kier molecular flexibility index (Phi) is 3.32. The predicted octanol–water partition coefficient (Wildman–Crippen LogP) is 2.96. The van der Waals surface area contributed by atoms with E-state index < -0.39 is 0 Å². The van der Waals surface area contributed by atoms with Crippen molar-refractivity contribution >= 4 is 22.4 Å². The van der Waals surface area contributed by atoms with Gasteiger partial charge in [0.2, 0.25) is 0 Å². The molecule has 0 fully saturated rings. The average Bonchev–Trinajstić information content (AvgIpc) is 2.28. The van der Waals surface area contributed by atoms with E-state index in [1.54, 1.807) is 6.07 Å². The highest BCUT2D eigenvalue weighted by Gasteiger charge is 2.06. The van der Waals surface area contributed by atoms with Crippen LogP contribution in [0.15, 0.2) is 30.3 Å². The molecule has 0 heterocycles. The number of aromatic hydroxyl groups is 1. The van der Waals surface area contributed by atoms with Crippen LogP contribution >= 0.6 is 11.6 Å². The summed E-state index contributed by atoms with van der Waals surface area (Å²) in [4.78, 5) is 0. The topological polar surface area (TPSA) is 32.3 Å². The largest absolute Gasteiger partial charge is 0.508 e. The molecule has 0 aliphatic carbocycles. The SMILES string of the molecule is CNCCc1c(O)ccc2cc(Cl)ccc12. The number of phenols is 1. The van der Waals surface area contributed by atoms with Gasteiger partial charge in [0, 0.05) is 10.6 Å². The molecule has 2 nitrogen and oxygen atoms in total. The Morgan fingerprint density at radius 3 is 2.81 bits per heavy atom. The van der Waals surface area contributed by atoms with Gasteiger partial charge in [-0.3, -0.25) is 0 Å². The van der Waals surface area contributed by atoms with E-state index in [0.29, 0.717) is 5.75 Å². The van der Waals surface area contributed by atoms with Crippen LogP contribution in [0.4, 0.5) is 0 Å². The molecule has 84 valence electrons. The van der Waals surface area contributed by atoms with Crippen LogP contribution in [0.5, 0.6) is 5.75 Å². The van der Waals surface area contributed by atoms with Crippen LogP contribution in [0, 0.1) is 0 Å². The van der Waals surface area contributed by atoms with Crippen molar-refractivity contribution < 1.29 is 5.11 Å². The number of benzene rings is 2. The fourth-order valence-electron chi connectivity index (χ4n) is 1.87. The molecule has 0 bridgehead atoms. The van der Waals surface area contributed by atoms with E-state index in [0.717, 1.165) is 34.3 Å². The van der Waals surface area contributed by atoms with Crippen LogP contribution < -0.4 is 5.32 Å². The van der Waals surface area contributed by atoms with E-state index in [2.05, 4.69) is 5.32 Å². The zero-order valence-electron chi connectivity index (χ0n) is 9.13. The van der Waals surface area contributed by atoms with Crippen molar-refractivity contribution in [3.05, 3.63) is 40.9 Å². The fourth-order valence-corrected chi connectivity index (χ4v) is 2.05. The normalized spacial score (nSPS) is 10.9. The van der Waals surface area contributed by atoms with Gasteiger partial charge in [0.15, 0.2) is 0 Å². The molecule has 0 aromatic heterocycles. The Bertz CT molecular complexity index is 511. The summed E-state index contributed by atoms with van der Waals surface area (Å²) < 4.78 is 0. The number of likely N-dealkylation sites (N-methyl/N-ethyl adjacent to an activating group) is 1. The smallest absolute Gasteiger partial charge is 0.119 e. The third kappa shape index (κ3) is 2.13. The van der Waals surface area contributed by atoms with E-state index >= 15 is 0 Å². The molecule has 0 radical (unpaired) electrons. The number of rotatable bonds is 3. The Balaban J connectivity index is 2.55. The molecule has 2 aromatic rings. The number of nitrogens with one attached hydrogen (secondary N) is 1. The van der Waals surface area contributed by atoms with E-state index in [4.69, 9.17) is 11.6 Å². The summed E-state index contributed by atoms with van der Waals surface area (Å²) in [5, 5.41) is 15.8. The Morgan fingerprint density at radius 2 is 2.06 bits per heavy atom. The second-order valence-electron chi connectivity index (χ2n) is 3.78. The van der Waals surface area contributed by atoms with Crippen molar-refractivity contribution in [2.24, 2.45) is 0 Å². The van der Waals surface area contributed by atoms with E-state index in [9.17, 15) is 5.11 Å². The maximum absolute atomic E-state index is 9.84. The maximum Gasteiger partial charge on any atom is 0.119 e. The lowest BCUT2D eigenvalue weighted by molar-refractivity contribution is 0.468. The highest BCUT2D eigenvalue weighted by Crippen LogP contribution is 2.29. The van der Waals surface area contributed by atoms with Gasteiger partial charge in [-0.2, -0.15) is 0 Å². The summed E-state index contributed by atoms with van der Waals surface area (Å²) in [6.45, 7) is 0.843. The van der Waals surface area contributed by atoms with Gasteiger partial charge in [0.25, 0.3) is 0 Å². The molecular weight excluding hydrogens is 222 g/mol. The minimum absolute atomic E-state index is 0.352. The van der Waals surface area contributed by atoms with Gasteiger partial charge in [-0.25, -0.2) is 0 Å². The first-order valence-corrected chi connectivity index (χ1v) is 5.65. The zero-order chi connectivity index (χ0) is 11.5. The molecule has 2 rings (SSSR count).